The van der Waals surface area contributed by atoms with Gasteiger partial charge in [0.05, 0.1) is 23.8 Å². The number of nitrogens with zero attached hydrogens (tertiary/aromatic N) is 2. The van der Waals surface area contributed by atoms with Crippen molar-refractivity contribution in [3.05, 3.63) is 45.6 Å². The lowest BCUT2D eigenvalue weighted by atomic mass is 10.1. The van der Waals surface area contributed by atoms with E-state index in [2.05, 4.69) is 20.3 Å². The number of hydrogen-bond donors (Lipinski definition) is 1. The topological polar surface area (TPSA) is 80.1 Å². The highest BCUT2D eigenvalue weighted by Crippen LogP contribution is 2.33. The Balaban J connectivity index is 2.23. The van der Waals surface area contributed by atoms with Gasteiger partial charge in [-0.3, -0.25) is 10.1 Å². The minimum absolute atomic E-state index is 0.00638. The number of aryl methyl sites for hydroxylation is 1. The summed E-state index contributed by atoms with van der Waals surface area (Å²) in [7, 11) is 1.14. The first kappa shape index (κ1) is 19.6. The van der Waals surface area contributed by atoms with Gasteiger partial charge in [0.15, 0.2) is 5.17 Å². The molecule has 1 fully saturated rings. The summed E-state index contributed by atoms with van der Waals surface area (Å²) in [5, 5.41) is 9.35. The molecule has 0 bridgehead atoms. The number of hydrogen-bond acceptors (Lipinski definition) is 6. The molecular formula is C15H11F4N3O3S. The Morgan fingerprint density at radius 2 is 2.04 bits per heavy atom. The molecule has 6 nitrogen and oxygen atoms in total. The number of ether oxygens (including phenoxy) is 1. The largest absolute Gasteiger partial charge is 0.466 e. The fraction of sp³-hybridized carbons (Fsp3) is 0.200. The SMILES string of the molecule is COC(=O)/C=C1/S/C(=N\N=Cc2cc(C)cc(C(F)(F)F)c2F)NC1=O. The predicted octanol–water partition coefficient (Wildman–Crippen LogP) is 2.76. The molecule has 0 atom stereocenters. The molecule has 1 heterocycles. The van der Waals surface area contributed by atoms with Crippen LogP contribution in [0.4, 0.5) is 17.6 Å². The summed E-state index contributed by atoms with van der Waals surface area (Å²) >= 11 is 0.774. The van der Waals surface area contributed by atoms with Crippen LogP contribution >= 0.6 is 11.8 Å². The Labute approximate surface area is 149 Å². The van der Waals surface area contributed by atoms with Crippen LogP contribution in [0.15, 0.2) is 33.3 Å². The van der Waals surface area contributed by atoms with Crippen molar-refractivity contribution < 1.29 is 31.9 Å². The van der Waals surface area contributed by atoms with Crippen LogP contribution in [0.3, 0.4) is 0 Å². The summed E-state index contributed by atoms with van der Waals surface area (Å²) in [5.41, 5.74) is -1.61. The van der Waals surface area contributed by atoms with Crippen molar-refractivity contribution in [1.29, 1.82) is 0 Å². The molecule has 1 amide bonds. The average Bonchev–Trinajstić information content (AvgIpc) is 2.88. The van der Waals surface area contributed by atoms with E-state index < -0.39 is 35.0 Å². The van der Waals surface area contributed by atoms with Crippen molar-refractivity contribution in [3.8, 4) is 0 Å². The van der Waals surface area contributed by atoms with E-state index >= 15 is 0 Å². The summed E-state index contributed by atoms with van der Waals surface area (Å²) in [5.74, 6) is -2.83. The molecule has 2 rings (SSSR count). The predicted molar refractivity (Wildman–Crippen MR) is 87.0 cm³/mol. The van der Waals surface area contributed by atoms with Gasteiger partial charge >= 0.3 is 12.1 Å². The molecular weight excluding hydrogens is 378 g/mol. The summed E-state index contributed by atoms with van der Waals surface area (Å²) < 4.78 is 56.7. The van der Waals surface area contributed by atoms with Crippen LogP contribution in [0.5, 0.6) is 0 Å². The molecule has 0 aliphatic carbocycles. The fourth-order valence-electron chi connectivity index (χ4n) is 1.88. The zero-order valence-corrected chi connectivity index (χ0v) is 14.2. The quantitative estimate of drug-likeness (QED) is 0.283. The maximum Gasteiger partial charge on any atom is 0.419 e. The van der Waals surface area contributed by atoms with Crippen LogP contribution in [0, 0.1) is 12.7 Å². The highest BCUT2D eigenvalue weighted by atomic mass is 32.2. The van der Waals surface area contributed by atoms with Gasteiger partial charge in [-0.25, -0.2) is 9.18 Å². The van der Waals surface area contributed by atoms with Crippen LogP contribution in [-0.4, -0.2) is 30.4 Å². The molecule has 138 valence electrons. The number of nitrogens with one attached hydrogen (secondary N) is 1. The normalized spacial score (nSPS) is 18.0. The van der Waals surface area contributed by atoms with Gasteiger partial charge in [0.25, 0.3) is 5.91 Å². The Bertz CT molecular complexity index is 847. The van der Waals surface area contributed by atoms with Crippen molar-refractivity contribution in [2.24, 2.45) is 10.2 Å². The fourth-order valence-corrected chi connectivity index (χ4v) is 2.62. The van der Waals surface area contributed by atoms with Crippen LogP contribution in [0.25, 0.3) is 0 Å². The summed E-state index contributed by atoms with van der Waals surface area (Å²) in [6.07, 6.45) is -3.09. The zero-order valence-electron chi connectivity index (χ0n) is 13.3. The molecule has 1 saturated heterocycles. The minimum Gasteiger partial charge on any atom is -0.466 e. The number of halogens is 4. The van der Waals surface area contributed by atoms with E-state index in [0.717, 1.165) is 31.2 Å². The standard InChI is InChI=1S/C15H11F4N3O3S/c1-7-3-8(12(16)9(4-7)15(17,18)19)6-20-22-14-21-13(24)10(26-14)5-11(23)25-2/h3-6H,1-2H3,(H,21,22,24)/b10-5+,20-6?. The number of benzene rings is 1. The molecule has 0 radical (unpaired) electrons. The number of esters is 1. The number of carbonyl (C=O) groups excluding carboxylic acids is 2. The van der Waals surface area contributed by atoms with Gasteiger partial charge in [-0.2, -0.15) is 18.3 Å². The van der Waals surface area contributed by atoms with Crippen molar-refractivity contribution in [2.75, 3.05) is 7.11 Å². The first-order valence-corrected chi connectivity index (χ1v) is 7.70. The van der Waals surface area contributed by atoms with Crippen LogP contribution in [0.2, 0.25) is 0 Å². The highest BCUT2D eigenvalue weighted by molar-refractivity contribution is 8.18. The monoisotopic (exact) mass is 389 g/mol. The molecule has 0 saturated carbocycles. The second kappa shape index (κ2) is 7.68. The van der Waals surface area contributed by atoms with Gasteiger partial charge in [0.2, 0.25) is 0 Å². The molecule has 1 aliphatic rings. The van der Waals surface area contributed by atoms with Crippen molar-refractivity contribution in [1.82, 2.24) is 5.32 Å². The first-order chi connectivity index (χ1) is 12.1. The first-order valence-electron chi connectivity index (χ1n) is 6.89. The van der Waals surface area contributed by atoms with Gasteiger partial charge in [-0.1, -0.05) is 0 Å². The number of rotatable bonds is 3. The average molecular weight is 389 g/mol. The number of alkyl halides is 3. The van der Waals surface area contributed by atoms with E-state index in [1.165, 1.54) is 13.0 Å². The summed E-state index contributed by atoms with van der Waals surface area (Å²) in [6, 6.07) is 1.87. The highest BCUT2D eigenvalue weighted by Gasteiger charge is 2.35. The summed E-state index contributed by atoms with van der Waals surface area (Å²) in [6.45, 7) is 1.38. The molecule has 26 heavy (non-hydrogen) atoms. The Kier molecular flexibility index (Phi) is 5.80. The van der Waals surface area contributed by atoms with Gasteiger partial charge in [-0.15, -0.1) is 5.10 Å². The number of thioether (sulfide) groups is 1. The van der Waals surface area contributed by atoms with E-state index in [4.69, 9.17) is 0 Å². The van der Waals surface area contributed by atoms with E-state index in [0.29, 0.717) is 6.07 Å². The third-order valence-electron chi connectivity index (χ3n) is 3.00. The molecule has 1 aliphatic heterocycles. The smallest absolute Gasteiger partial charge is 0.419 e. The van der Waals surface area contributed by atoms with Gasteiger partial charge in [0.1, 0.15) is 5.82 Å². The van der Waals surface area contributed by atoms with E-state index in [9.17, 15) is 27.2 Å². The van der Waals surface area contributed by atoms with Crippen molar-refractivity contribution >= 4 is 35.0 Å². The second-order valence-electron chi connectivity index (χ2n) is 4.95. The maximum absolute atomic E-state index is 14.0. The number of methoxy groups -OCH3 is 1. The Morgan fingerprint density at radius 1 is 1.35 bits per heavy atom. The number of carbonyl (C=O) groups is 2. The minimum atomic E-state index is -4.84. The van der Waals surface area contributed by atoms with E-state index in [1.807, 2.05) is 0 Å². The molecule has 0 unspecified atom stereocenters. The lowest BCUT2D eigenvalue weighted by Crippen LogP contribution is -2.19. The van der Waals surface area contributed by atoms with E-state index in [1.54, 1.807) is 0 Å². The van der Waals surface area contributed by atoms with Crippen LogP contribution < -0.4 is 5.32 Å². The molecule has 0 aromatic heterocycles. The number of amides is 1. The van der Waals surface area contributed by atoms with Gasteiger partial charge in [-0.05, 0) is 36.4 Å². The van der Waals surface area contributed by atoms with Gasteiger partial charge in [0, 0.05) is 11.6 Å². The number of amidine groups is 1. The Morgan fingerprint density at radius 3 is 2.65 bits per heavy atom. The zero-order chi connectivity index (χ0) is 19.5. The third kappa shape index (κ3) is 4.69. The van der Waals surface area contributed by atoms with Crippen molar-refractivity contribution in [2.45, 2.75) is 13.1 Å². The van der Waals surface area contributed by atoms with Crippen LogP contribution in [-0.2, 0) is 20.5 Å². The summed E-state index contributed by atoms with van der Waals surface area (Å²) in [4.78, 5) is 22.7. The molecule has 1 N–H and O–H groups in total. The molecule has 0 spiro atoms. The van der Waals surface area contributed by atoms with Gasteiger partial charge < -0.3 is 4.74 Å². The third-order valence-corrected chi connectivity index (χ3v) is 3.90. The molecule has 1 aromatic carbocycles. The lowest BCUT2D eigenvalue weighted by Gasteiger charge is -2.10. The van der Waals surface area contributed by atoms with Crippen molar-refractivity contribution in [3.63, 3.8) is 0 Å². The Hall–Kier alpha value is -2.69. The molecule has 1 aromatic rings. The van der Waals surface area contributed by atoms with E-state index in [-0.39, 0.29) is 15.6 Å². The lowest BCUT2D eigenvalue weighted by molar-refractivity contribution is -0.140. The van der Waals surface area contributed by atoms with Crippen LogP contribution in [0.1, 0.15) is 16.7 Å². The maximum atomic E-state index is 14.0. The second-order valence-corrected chi connectivity index (χ2v) is 5.98. The molecule has 11 heteroatoms.